The van der Waals surface area contributed by atoms with Gasteiger partial charge >= 0.3 is 0 Å². The van der Waals surface area contributed by atoms with Crippen molar-refractivity contribution in [1.82, 2.24) is 0 Å². The van der Waals surface area contributed by atoms with Crippen molar-refractivity contribution in [3.63, 3.8) is 0 Å². The molecule has 0 aromatic rings. The molecule has 1 heterocycles. The lowest BCUT2D eigenvalue weighted by Crippen LogP contribution is -2.41. The second kappa shape index (κ2) is 2.71. The van der Waals surface area contributed by atoms with E-state index in [0.717, 1.165) is 0 Å². The molecule has 0 saturated carbocycles. The second-order valence-corrected chi connectivity index (χ2v) is 3.29. The number of ether oxygens (including phenoxy) is 2. The van der Waals surface area contributed by atoms with Gasteiger partial charge in [-0.2, -0.15) is 0 Å². The fourth-order valence-electron chi connectivity index (χ4n) is 1.09. The van der Waals surface area contributed by atoms with Gasteiger partial charge in [0.1, 0.15) is 5.60 Å². The molecule has 0 unspecified atom stereocenters. The summed E-state index contributed by atoms with van der Waals surface area (Å²) in [6, 6.07) is 0. The van der Waals surface area contributed by atoms with Crippen LogP contribution in [0.5, 0.6) is 0 Å². The van der Waals surface area contributed by atoms with Crippen molar-refractivity contribution in [1.29, 1.82) is 0 Å². The third-order valence-electron chi connectivity index (χ3n) is 1.72. The molecule has 4 heteroatoms. The molecule has 11 heavy (non-hydrogen) atoms. The Morgan fingerprint density at radius 1 is 1.27 bits per heavy atom. The molecular formula is C7H14O4. The van der Waals surface area contributed by atoms with Gasteiger partial charge in [-0.15, -0.1) is 0 Å². The smallest absolute Gasteiger partial charge is 0.163 e. The van der Waals surface area contributed by atoms with Crippen molar-refractivity contribution < 1.29 is 19.7 Å². The molecule has 0 atom stereocenters. The molecule has 4 nitrogen and oxygen atoms in total. The van der Waals surface area contributed by atoms with E-state index in [-0.39, 0.29) is 19.8 Å². The summed E-state index contributed by atoms with van der Waals surface area (Å²) < 4.78 is 10.5. The minimum Gasteiger partial charge on any atom is -0.393 e. The van der Waals surface area contributed by atoms with Crippen LogP contribution in [0.25, 0.3) is 0 Å². The highest BCUT2D eigenvalue weighted by Gasteiger charge is 2.44. The van der Waals surface area contributed by atoms with Crippen LogP contribution in [0.2, 0.25) is 0 Å². The van der Waals surface area contributed by atoms with E-state index in [4.69, 9.17) is 19.7 Å². The summed E-state index contributed by atoms with van der Waals surface area (Å²) in [6.07, 6.45) is 0. The number of aliphatic hydroxyl groups is 2. The summed E-state index contributed by atoms with van der Waals surface area (Å²) in [4.78, 5) is 0. The first kappa shape index (κ1) is 8.93. The lowest BCUT2D eigenvalue weighted by atomic mass is 10.1. The molecule has 0 spiro atoms. The molecule has 1 rings (SSSR count). The van der Waals surface area contributed by atoms with Gasteiger partial charge in [0.15, 0.2) is 5.79 Å². The zero-order valence-corrected chi connectivity index (χ0v) is 6.83. The van der Waals surface area contributed by atoms with Crippen molar-refractivity contribution >= 4 is 0 Å². The molecule has 66 valence electrons. The molecule has 0 amide bonds. The summed E-state index contributed by atoms with van der Waals surface area (Å²) >= 11 is 0. The molecule has 0 bridgehead atoms. The number of aliphatic hydroxyl groups excluding tert-OH is 2. The van der Waals surface area contributed by atoms with Gasteiger partial charge in [0.05, 0.1) is 19.8 Å². The van der Waals surface area contributed by atoms with Crippen molar-refractivity contribution in [3.05, 3.63) is 0 Å². The van der Waals surface area contributed by atoms with Crippen molar-refractivity contribution in [2.45, 2.75) is 25.2 Å². The van der Waals surface area contributed by atoms with E-state index in [1.54, 1.807) is 13.8 Å². The minimum atomic E-state index is -0.899. The Bertz CT molecular complexity index is 139. The van der Waals surface area contributed by atoms with Gasteiger partial charge < -0.3 is 19.7 Å². The number of hydrogen-bond acceptors (Lipinski definition) is 4. The van der Waals surface area contributed by atoms with Gasteiger partial charge in [0.2, 0.25) is 0 Å². The lowest BCUT2D eigenvalue weighted by molar-refractivity contribution is -0.177. The van der Waals surface area contributed by atoms with Crippen molar-refractivity contribution in [2.24, 2.45) is 0 Å². The Morgan fingerprint density at radius 3 is 2.00 bits per heavy atom. The zero-order valence-electron chi connectivity index (χ0n) is 6.83. The fourth-order valence-corrected chi connectivity index (χ4v) is 1.09. The molecule has 1 aliphatic rings. The van der Waals surface area contributed by atoms with Crippen LogP contribution < -0.4 is 0 Å². The quantitative estimate of drug-likeness (QED) is 0.574. The lowest BCUT2D eigenvalue weighted by Gasteiger charge is -2.24. The topological polar surface area (TPSA) is 58.9 Å². The summed E-state index contributed by atoms with van der Waals surface area (Å²) in [6.45, 7) is 3.31. The van der Waals surface area contributed by atoms with Crippen LogP contribution in [-0.4, -0.2) is 41.4 Å². The molecule has 1 fully saturated rings. The van der Waals surface area contributed by atoms with Crippen molar-refractivity contribution in [2.75, 3.05) is 19.8 Å². The average molecular weight is 162 g/mol. The predicted octanol–water partition coefficient (Wildman–Crippen LogP) is -0.507. The first-order valence-corrected chi connectivity index (χ1v) is 3.59. The molecule has 2 N–H and O–H groups in total. The maximum Gasteiger partial charge on any atom is 0.163 e. The second-order valence-electron chi connectivity index (χ2n) is 3.29. The van der Waals surface area contributed by atoms with E-state index in [0.29, 0.717) is 0 Å². The first-order chi connectivity index (χ1) is 5.04. The summed E-state index contributed by atoms with van der Waals surface area (Å²) in [7, 11) is 0. The highest BCUT2D eigenvalue weighted by molar-refractivity contribution is 4.86. The highest BCUT2D eigenvalue weighted by atomic mass is 16.8. The maximum absolute atomic E-state index is 8.88. The van der Waals surface area contributed by atoms with Gasteiger partial charge in [-0.3, -0.25) is 0 Å². The van der Waals surface area contributed by atoms with E-state index in [1.807, 2.05) is 0 Å². The summed E-state index contributed by atoms with van der Waals surface area (Å²) in [5.41, 5.74) is -0.899. The summed E-state index contributed by atoms with van der Waals surface area (Å²) in [5, 5.41) is 17.8. The molecule has 0 radical (unpaired) electrons. The Balaban J connectivity index is 2.62. The van der Waals surface area contributed by atoms with Gasteiger partial charge in [0.25, 0.3) is 0 Å². The molecule has 0 aromatic heterocycles. The number of hydrogen-bond donors (Lipinski definition) is 2. The van der Waals surface area contributed by atoms with Gasteiger partial charge in [-0.25, -0.2) is 0 Å². The standard InChI is InChI=1S/C7H14O4/c1-6(2)10-5-7(3-8,4-9)11-6/h8-9H,3-5H2,1-2H3. The molecule has 1 saturated heterocycles. The molecular weight excluding hydrogens is 148 g/mol. The van der Waals surface area contributed by atoms with Crippen LogP contribution in [0.4, 0.5) is 0 Å². The normalized spacial score (nSPS) is 27.3. The van der Waals surface area contributed by atoms with E-state index in [9.17, 15) is 0 Å². The molecule has 0 aromatic carbocycles. The van der Waals surface area contributed by atoms with E-state index in [2.05, 4.69) is 0 Å². The molecule has 1 aliphatic heterocycles. The highest BCUT2D eigenvalue weighted by Crippen LogP contribution is 2.29. The fraction of sp³-hybridized carbons (Fsp3) is 1.00. The molecule has 0 aliphatic carbocycles. The van der Waals surface area contributed by atoms with Crippen LogP contribution >= 0.6 is 0 Å². The van der Waals surface area contributed by atoms with E-state index >= 15 is 0 Å². The SMILES string of the molecule is CC1(C)OCC(CO)(CO)O1. The van der Waals surface area contributed by atoms with Crippen LogP contribution in [0.15, 0.2) is 0 Å². The van der Waals surface area contributed by atoms with Crippen LogP contribution in [0, 0.1) is 0 Å². The van der Waals surface area contributed by atoms with Gasteiger partial charge in [0, 0.05) is 0 Å². The average Bonchev–Trinajstić information content (AvgIpc) is 2.28. The van der Waals surface area contributed by atoms with Crippen molar-refractivity contribution in [3.8, 4) is 0 Å². The first-order valence-electron chi connectivity index (χ1n) is 3.59. The largest absolute Gasteiger partial charge is 0.393 e. The van der Waals surface area contributed by atoms with Crippen LogP contribution in [0.1, 0.15) is 13.8 Å². The number of rotatable bonds is 2. The van der Waals surface area contributed by atoms with E-state index < -0.39 is 11.4 Å². The summed E-state index contributed by atoms with van der Waals surface area (Å²) in [5.74, 6) is -0.689. The zero-order chi connectivity index (χ0) is 8.54. The Hall–Kier alpha value is -0.160. The van der Waals surface area contributed by atoms with E-state index in [1.165, 1.54) is 0 Å². The predicted molar refractivity (Wildman–Crippen MR) is 38.0 cm³/mol. The maximum atomic E-state index is 8.88. The van der Waals surface area contributed by atoms with Crippen LogP contribution in [-0.2, 0) is 9.47 Å². The third kappa shape index (κ3) is 1.70. The Kier molecular flexibility index (Phi) is 2.20. The van der Waals surface area contributed by atoms with Crippen LogP contribution in [0.3, 0.4) is 0 Å². The van der Waals surface area contributed by atoms with Gasteiger partial charge in [-0.05, 0) is 13.8 Å². The van der Waals surface area contributed by atoms with Gasteiger partial charge in [-0.1, -0.05) is 0 Å². The Labute approximate surface area is 65.7 Å². The third-order valence-corrected chi connectivity index (χ3v) is 1.72. The Morgan fingerprint density at radius 2 is 1.82 bits per heavy atom. The minimum absolute atomic E-state index is 0.215. The monoisotopic (exact) mass is 162 g/mol.